The first-order valence-corrected chi connectivity index (χ1v) is 11.8. The van der Waals surface area contributed by atoms with Crippen molar-refractivity contribution in [1.82, 2.24) is 14.5 Å². The fourth-order valence-electron chi connectivity index (χ4n) is 4.72. The molecule has 4 heterocycles. The van der Waals surface area contributed by atoms with Crippen LogP contribution in [0.1, 0.15) is 12.8 Å². The number of hydrogen-bond acceptors (Lipinski definition) is 7. The van der Waals surface area contributed by atoms with E-state index in [0.29, 0.717) is 25.9 Å². The van der Waals surface area contributed by atoms with Gasteiger partial charge in [-0.1, -0.05) is 12.1 Å². The number of piperidine rings is 1. The van der Waals surface area contributed by atoms with Crippen molar-refractivity contribution >= 4 is 27.6 Å². The zero-order valence-corrected chi connectivity index (χ0v) is 19.3. The number of hydrogen-bond donors (Lipinski definition) is 1. The number of nitrogens with two attached hydrogens (primary N) is 1. The maximum atomic E-state index is 6.12. The molecular formula is C26H29N5O3. The van der Waals surface area contributed by atoms with Crippen LogP contribution in [0.2, 0.25) is 0 Å². The van der Waals surface area contributed by atoms with E-state index in [1.165, 1.54) is 5.69 Å². The van der Waals surface area contributed by atoms with E-state index in [1.807, 2.05) is 35.2 Å². The van der Waals surface area contributed by atoms with Crippen LogP contribution in [0, 0.1) is 0 Å². The molecule has 0 bridgehead atoms. The lowest BCUT2D eigenvalue weighted by atomic mass is 10.0. The van der Waals surface area contributed by atoms with E-state index in [2.05, 4.69) is 34.1 Å². The van der Waals surface area contributed by atoms with E-state index in [1.54, 1.807) is 7.11 Å². The van der Waals surface area contributed by atoms with Crippen molar-refractivity contribution in [2.75, 3.05) is 44.9 Å². The average molecular weight is 460 g/mol. The summed E-state index contributed by atoms with van der Waals surface area (Å²) in [5.41, 5.74) is 9.78. The van der Waals surface area contributed by atoms with Crippen molar-refractivity contribution in [3.63, 3.8) is 0 Å². The van der Waals surface area contributed by atoms with Gasteiger partial charge in [0, 0.05) is 37.7 Å². The first-order chi connectivity index (χ1) is 16.6. The maximum Gasteiger partial charge on any atom is 0.148 e. The maximum absolute atomic E-state index is 6.12. The third-order valence-electron chi connectivity index (χ3n) is 7.00. The Labute approximate surface area is 198 Å². The summed E-state index contributed by atoms with van der Waals surface area (Å²) in [6.45, 7) is 3.48. The Morgan fingerprint density at radius 1 is 1.12 bits per heavy atom. The normalized spacial score (nSPS) is 18.4. The summed E-state index contributed by atoms with van der Waals surface area (Å²) in [5, 5.41) is 1.13. The van der Waals surface area contributed by atoms with Crippen LogP contribution in [-0.2, 0) is 9.47 Å². The van der Waals surface area contributed by atoms with Crippen LogP contribution < -0.4 is 15.4 Å². The van der Waals surface area contributed by atoms with E-state index in [9.17, 15) is 0 Å². The van der Waals surface area contributed by atoms with Crippen molar-refractivity contribution in [1.29, 1.82) is 0 Å². The molecule has 2 aromatic carbocycles. The van der Waals surface area contributed by atoms with Crippen LogP contribution in [0.15, 0.2) is 54.9 Å². The average Bonchev–Trinajstić information content (AvgIpc) is 3.27. The second-order valence-corrected chi connectivity index (χ2v) is 9.28. The van der Waals surface area contributed by atoms with E-state index >= 15 is 0 Å². The number of rotatable bonds is 6. The fourth-order valence-corrected chi connectivity index (χ4v) is 4.72. The molecule has 0 spiro atoms. The molecule has 0 saturated carbocycles. The van der Waals surface area contributed by atoms with Crippen molar-refractivity contribution in [3.05, 3.63) is 54.9 Å². The van der Waals surface area contributed by atoms with Gasteiger partial charge in [-0.05, 0) is 43.2 Å². The summed E-state index contributed by atoms with van der Waals surface area (Å²) in [7, 11) is 1.69. The van der Waals surface area contributed by atoms with Crippen LogP contribution in [-0.4, -0.2) is 66.2 Å². The van der Waals surface area contributed by atoms with Gasteiger partial charge in [-0.25, -0.2) is 9.97 Å². The number of ether oxygens (including phenoxy) is 3. The molecule has 2 aliphatic heterocycles. The second-order valence-electron chi connectivity index (χ2n) is 9.28. The minimum Gasteiger partial charge on any atom is -0.490 e. The second kappa shape index (κ2) is 8.54. The van der Waals surface area contributed by atoms with Crippen LogP contribution in [0.3, 0.4) is 0 Å². The van der Waals surface area contributed by atoms with Gasteiger partial charge in [0.1, 0.15) is 30.1 Å². The molecule has 6 rings (SSSR count). The van der Waals surface area contributed by atoms with Crippen LogP contribution in [0.5, 0.6) is 5.75 Å². The van der Waals surface area contributed by atoms with Gasteiger partial charge in [0.2, 0.25) is 0 Å². The van der Waals surface area contributed by atoms with Gasteiger partial charge in [-0.3, -0.25) is 4.57 Å². The molecular weight excluding hydrogens is 430 g/mol. The summed E-state index contributed by atoms with van der Waals surface area (Å²) in [4.78, 5) is 12.1. The van der Waals surface area contributed by atoms with E-state index in [4.69, 9.17) is 24.9 Å². The molecule has 2 fully saturated rings. The lowest BCUT2D eigenvalue weighted by molar-refractivity contribution is -0.208. The molecule has 176 valence electrons. The lowest BCUT2D eigenvalue weighted by Crippen LogP contribution is -2.55. The van der Waals surface area contributed by atoms with Gasteiger partial charge in [0.25, 0.3) is 0 Å². The Bertz CT molecular complexity index is 1320. The minimum absolute atomic E-state index is 0.294. The highest BCUT2D eigenvalue weighted by Crippen LogP contribution is 2.30. The number of methoxy groups -OCH3 is 1. The highest BCUT2D eigenvalue weighted by Gasteiger charge is 2.39. The summed E-state index contributed by atoms with van der Waals surface area (Å²) in [5.74, 6) is 1.60. The van der Waals surface area contributed by atoms with Crippen LogP contribution in [0.25, 0.3) is 27.8 Å². The van der Waals surface area contributed by atoms with Crippen LogP contribution >= 0.6 is 0 Å². The molecule has 0 unspecified atom stereocenters. The SMILES string of the molecule is COC1(COc2ccc3c(c2)ncn3-c2ccc3cccc(N4CCC(N)CC4)c3n2)COC1. The van der Waals surface area contributed by atoms with Gasteiger partial charge >= 0.3 is 0 Å². The van der Waals surface area contributed by atoms with Crippen molar-refractivity contribution in [2.45, 2.75) is 24.5 Å². The summed E-state index contributed by atoms with van der Waals surface area (Å²) < 4.78 is 18.9. The zero-order valence-electron chi connectivity index (χ0n) is 19.3. The standard InChI is InChI=1S/C26H29N5O3/c1-32-26(14-33-15-26)16-34-20-6-7-22-21(13-20)28-17-31(22)24-8-5-18-3-2-4-23(25(18)29-24)30-11-9-19(27)10-12-30/h2-8,13,17,19H,9-12,14-16,27H2,1H3. The van der Waals surface area contributed by atoms with Gasteiger partial charge in [0.05, 0.1) is 35.5 Å². The van der Waals surface area contributed by atoms with Crippen LogP contribution in [0.4, 0.5) is 5.69 Å². The Kier molecular flexibility index (Phi) is 5.36. The number of benzene rings is 2. The smallest absolute Gasteiger partial charge is 0.148 e. The van der Waals surface area contributed by atoms with Gasteiger partial charge in [0.15, 0.2) is 0 Å². The van der Waals surface area contributed by atoms with E-state index in [-0.39, 0.29) is 5.60 Å². The molecule has 8 nitrogen and oxygen atoms in total. The quantitative estimate of drug-likeness (QED) is 0.473. The Hall–Kier alpha value is -3.20. The van der Waals surface area contributed by atoms with Gasteiger partial charge in [-0.15, -0.1) is 0 Å². The molecule has 34 heavy (non-hydrogen) atoms. The largest absolute Gasteiger partial charge is 0.490 e. The van der Waals surface area contributed by atoms with Crippen molar-refractivity contribution in [3.8, 4) is 11.6 Å². The lowest BCUT2D eigenvalue weighted by Gasteiger charge is -2.39. The number of nitrogens with zero attached hydrogens (tertiary/aromatic N) is 4. The molecule has 2 N–H and O–H groups in total. The first kappa shape index (κ1) is 21.3. The minimum atomic E-state index is -0.347. The van der Waals surface area contributed by atoms with Gasteiger partial charge < -0.3 is 24.8 Å². The molecule has 4 aromatic rings. The van der Waals surface area contributed by atoms with E-state index < -0.39 is 0 Å². The Balaban J connectivity index is 1.30. The molecule has 2 aliphatic rings. The molecule has 0 radical (unpaired) electrons. The molecule has 0 atom stereocenters. The summed E-state index contributed by atoms with van der Waals surface area (Å²) >= 11 is 0. The Morgan fingerprint density at radius 2 is 1.97 bits per heavy atom. The molecule has 2 aromatic heterocycles. The third kappa shape index (κ3) is 3.77. The summed E-state index contributed by atoms with van der Waals surface area (Å²) in [6.07, 6.45) is 3.83. The van der Waals surface area contributed by atoms with Crippen molar-refractivity contribution < 1.29 is 14.2 Å². The highest BCUT2D eigenvalue weighted by atomic mass is 16.6. The molecule has 8 heteroatoms. The number of fused-ring (bicyclic) bond motifs is 2. The number of aromatic nitrogens is 3. The number of imidazole rings is 1. The highest BCUT2D eigenvalue weighted by molar-refractivity contribution is 5.92. The number of para-hydroxylation sites is 1. The first-order valence-electron chi connectivity index (χ1n) is 11.8. The van der Waals surface area contributed by atoms with E-state index in [0.717, 1.165) is 59.4 Å². The summed E-state index contributed by atoms with van der Waals surface area (Å²) in [6, 6.07) is 16.8. The number of pyridine rings is 1. The Morgan fingerprint density at radius 3 is 2.74 bits per heavy atom. The topological polar surface area (TPSA) is 87.7 Å². The predicted octanol–water partition coefficient (Wildman–Crippen LogP) is 3.30. The zero-order chi connectivity index (χ0) is 23.1. The fraction of sp³-hybridized carbons (Fsp3) is 0.385. The molecule has 2 saturated heterocycles. The number of anilines is 1. The van der Waals surface area contributed by atoms with Gasteiger partial charge in [-0.2, -0.15) is 0 Å². The van der Waals surface area contributed by atoms with Crippen molar-refractivity contribution in [2.24, 2.45) is 5.73 Å². The monoisotopic (exact) mass is 459 g/mol. The predicted molar refractivity (Wildman–Crippen MR) is 132 cm³/mol. The third-order valence-corrected chi connectivity index (χ3v) is 7.00. The molecule has 0 aliphatic carbocycles. The molecule has 0 amide bonds.